The molecule has 2 aromatic rings. The van der Waals surface area contributed by atoms with Gasteiger partial charge in [0.25, 0.3) is 0 Å². The van der Waals surface area contributed by atoms with Gasteiger partial charge in [-0.2, -0.15) is 0 Å². The highest BCUT2D eigenvalue weighted by Gasteiger charge is 2.03. The normalized spacial score (nSPS) is 10.2. The van der Waals surface area contributed by atoms with E-state index in [1.54, 1.807) is 0 Å². The molecule has 0 radical (unpaired) electrons. The molecule has 0 atom stereocenters. The lowest BCUT2D eigenvalue weighted by Gasteiger charge is -2.12. The summed E-state index contributed by atoms with van der Waals surface area (Å²) >= 11 is 0. The number of para-hydroxylation sites is 2. The molecule has 0 saturated carbocycles. The van der Waals surface area contributed by atoms with Crippen molar-refractivity contribution in [3.8, 4) is 17.2 Å². The summed E-state index contributed by atoms with van der Waals surface area (Å²) in [5.74, 6) is 2.18. The van der Waals surface area contributed by atoms with Gasteiger partial charge in [0.1, 0.15) is 19.0 Å². The topological polar surface area (TPSA) is 47.9 Å². The van der Waals surface area contributed by atoms with Crippen LogP contribution in [0.15, 0.2) is 48.5 Å². The predicted octanol–water partition coefficient (Wildman–Crippen LogP) is 3.04. The number of aliphatic hydroxyl groups excluding tert-OH is 1. The van der Waals surface area contributed by atoms with Gasteiger partial charge in [0.2, 0.25) is 0 Å². The molecule has 4 nitrogen and oxygen atoms in total. The van der Waals surface area contributed by atoms with Gasteiger partial charge in [0, 0.05) is 0 Å². The third kappa shape index (κ3) is 4.68. The lowest BCUT2D eigenvalue weighted by atomic mass is 10.2. The van der Waals surface area contributed by atoms with Crippen LogP contribution < -0.4 is 14.2 Å². The van der Waals surface area contributed by atoms with Crippen LogP contribution in [0.2, 0.25) is 0 Å². The Labute approximate surface area is 124 Å². The van der Waals surface area contributed by atoms with Crippen LogP contribution in [0.25, 0.3) is 0 Å². The smallest absolute Gasteiger partial charge is 0.161 e. The van der Waals surface area contributed by atoms with Crippen LogP contribution in [-0.2, 0) is 6.61 Å². The molecule has 0 aliphatic heterocycles. The summed E-state index contributed by atoms with van der Waals surface area (Å²) < 4.78 is 16.8. The maximum Gasteiger partial charge on any atom is 0.161 e. The van der Waals surface area contributed by atoms with Crippen LogP contribution in [0, 0.1) is 0 Å². The zero-order chi connectivity index (χ0) is 14.9. The average Bonchev–Trinajstić information content (AvgIpc) is 2.53. The van der Waals surface area contributed by atoms with Crippen molar-refractivity contribution in [3.63, 3.8) is 0 Å². The Morgan fingerprint density at radius 3 is 2.29 bits per heavy atom. The van der Waals surface area contributed by atoms with Gasteiger partial charge in [0.05, 0.1) is 13.2 Å². The number of benzene rings is 2. The minimum Gasteiger partial charge on any atom is -0.490 e. The molecule has 0 bridgehead atoms. The highest BCUT2D eigenvalue weighted by Crippen LogP contribution is 2.26. The van der Waals surface area contributed by atoms with Crippen molar-refractivity contribution in [3.05, 3.63) is 54.1 Å². The van der Waals surface area contributed by atoms with Crippen LogP contribution in [0.3, 0.4) is 0 Å². The van der Waals surface area contributed by atoms with Crippen molar-refractivity contribution in [2.45, 2.75) is 13.5 Å². The Morgan fingerprint density at radius 2 is 1.57 bits per heavy atom. The van der Waals surface area contributed by atoms with E-state index in [9.17, 15) is 0 Å². The van der Waals surface area contributed by atoms with Crippen LogP contribution in [0.5, 0.6) is 17.2 Å². The first-order valence-corrected chi connectivity index (χ1v) is 7.00. The molecule has 2 aromatic carbocycles. The molecule has 0 aliphatic carbocycles. The summed E-state index contributed by atoms with van der Waals surface area (Å²) in [6.07, 6.45) is 0. The zero-order valence-corrected chi connectivity index (χ0v) is 12.1. The molecule has 0 aliphatic rings. The molecule has 0 unspecified atom stereocenters. The van der Waals surface area contributed by atoms with E-state index in [1.165, 1.54) is 0 Å². The van der Waals surface area contributed by atoms with Gasteiger partial charge < -0.3 is 19.3 Å². The van der Waals surface area contributed by atoms with E-state index in [1.807, 2.05) is 55.5 Å². The first-order valence-electron chi connectivity index (χ1n) is 7.00. The Bertz CT molecular complexity index is 554. The molecule has 0 aromatic heterocycles. The highest BCUT2D eigenvalue weighted by molar-refractivity contribution is 5.39. The average molecular weight is 288 g/mol. The third-order valence-electron chi connectivity index (χ3n) is 2.84. The monoisotopic (exact) mass is 288 g/mol. The van der Waals surface area contributed by atoms with Crippen LogP contribution in [0.1, 0.15) is 12.5 Å². The van der Waals surface area contributed by atoms with Gasteiger partial charge in [0.15, 0.2) is 11.5 Å². The molecular formula is C17H20O4. The van der Waals surface area contributed by atoms with E-state index in [0.717, 1.165) is 17.1 Å². The molecule has 0 amide bonds. The SMILES string of the molecule is CCOc1ccccc1OCCOc1cccc(CO)c1. The Kier molecular flexibility index (Phi) is 5.91. The van der Waals surface area contributed by atoms with Gasteiger partial charge in [-0.15, -0.1) is 0 Å². The number of hydrogen-bond donors (Lipinski definition) is 1. The quantitative estimate of drug-likeness (QED) is 0.758. The van der Waals surface area contributed by atoms with E-state index in [0.29, 0.717) is 25.6 Å². The van der Waals surface area contributed by atoms with Crippen LogP contribution in [0.4, 0.5) is 0 Å². The molecule has 21 heavy (non-hydrogen) atoms. The van der Waals surface area contributed by atoms with E-state index < -0.39 is 0 Å². The molecule has 112 valence electrons. The van der Waals surface area contributed by atoms with E-state index in [-0.39, 0.29) is 6.61 Å². The lowest BCUT2D eigenvalue weighted by molar-refractivity contribution is 0.208. The molecule has 2 rings (SSSR count). The van der Waals surface area contributed by atoms with Crippen molar-refractivity contribution in [2.24, 2.45) is 0 Å². The predicted molar refractivity (Wildman–Crippen MR) is 81.0 cm³/mol. The van der Waals surface area contributed by atoms with E-state index in [4.69, 9.17) is 19.3 Å². The van der Waals surface area contributed by atoms with Crippen molar-refractivity contribution < 1.29 is 19.3 Å². The van der Waals surface area contributed by atoms with E-state index in [2.05, 4.69) is 0 Å². The van der Waals surface area contributed by atoms with Crippen molar-refractivity contribution >= 4 is 0 Å². The highest BCUT2D eigenvalue weighted by atomic mass is 16.5. The number of ether oxygens (including phenoxy) is 3. The first-order chi connectivity index (χ1) is 10.3. The molecule has 0 saturated heterocycles. The summed E-state index contributed by atoms with van der Waals surface area (Å²) in [5, 5.41) is 9.07. The standard InChI is InChI=1S/C17H20O4/c1-2-19-16-8-3-4-9-17(16)21-11-10-20-15-7-5-6-14(12-15)13-18/h3-9,12,18H,2,10-11,13H2,1H3. The first kappa shape index (κ1) is 15.2. The van der Waals surface area contributed by atoms with Crippen molar-refractivity contribution in [1.29, 1.82) is 0 Å². The Morgan fingerprint density at radius 1 is 0.857 bits per heavy atom. The minimum absolute atomic E-state index is 0.00936. The van der Waals surface area contributed by atoms with Gasteiger partial charge in [-0.3, -0.25) is 0 Å². The van der Waals surface area contributed by atoms with Gasteiger partial charge in [-0.05, 0) is 36.8 Å². The summed E-state index contributed by atoms with van der Waals surface area (Å²) in [6, 6.07) is 14.9. The summed E-state index contributed by atoms with van der Waals surface area (Å²) in [6.45, 7) is 3.40. The van der Waals surface area contributed by atoms with Crippen LogP contribution in [-0.4, -0.2) is 24.9 Å². The van der Waals surface area contributed by atoms with Crippen molar-refractivity contribution in [2.75, 3.05) is 19.8 Å². The molecule has 4 heteroatoms. The molecule has 0 heterocycles. The summed E-state index contributed by atoms with van der Waals surface area (Å²) in [4.78, 5) is 0. The molecular weight excluding hydrogens is 268 g/mol. The van der Waals surface area contributed by atoms with Gasteiger partial charge >= 0.3 is 0 Å². The maximum absolute atomic E-state index is 9.07. The molecule has 1 N–H and O–H groups in total. The third-order valence-corrected chi connectivity index (χ3v) is 2.84. The Hall–Kier alpha value is -2.20. The second-order valence-electron chi connectivity index (χ2n) is 4.38. The van der Waals surface area contributed by atoms with Crippen molar-refractivity contribution in [1.82, 2.24) is 0 Å². The second-order valence-corrected chi connectivity index (χ2v) is 4.38. The van der Waals surface area contributed by atoms with E-state index >= 15 is 0 Å². The lowest BCUT2D eigenvalue weighted by Crippen LogP contribution is -2.10. The molecule has 0 fully saturated rings. The summed E-state index contributed by atoms with van der Waals surface area (Å²) in [7, 11) is 0. The van der Waals surface area contributed by atoms with Gasteiger partial charge in [-0.1, -0.05) is 24.3 Å². The fourth-order valence-electron chi connectivity index (χ4n) is 1.89. The maximum atomic E-state index is 9.07. The fourth-order valence-corrected chi connectivity index (χ4v) is 1.89. The second kappa shape index (κ2) is 8.17. The molecule has 0 spiro atoms. The number of rotatable bonds is 8. The largest absolute Gasteiger partial charge is 0.490 e. The fraction of sp³-hybridized carbons (Fsp3) is 0.294. The zero-order valence-electron chi connectivity index (χ0n) is 12.1. The minimum atomic E-state index is 0.00936. The van der Waals surface area contributed by atoms with Crippen LogP contribution >= 0.6 is 0 Å². The van der Waals surface area contributed by atoms with Gasteiger partial charge in [-0.25, -0.2) is 0 Å². The summed E-state index contributed by atoms with van der Waals surface area (Å²) in [5.41, 5.74) is 0.829. The Balaban J connectivity index is 1.81. The number of hydrogen-bond acceptors (Lipinski definition) is 4. The number of aliphatic hydroxyl groups is 1.